The normalized spacial score (nSPS) is 20.3. The second-order valence-corrected chi connectivity index (χ2v) is 8.94. The van der Waals surface area contributed by atoms with Gasteiger partial charge in [-0.1, -0.05) is 17.7 Å². The summed E-state index contributed by atoms with van der Waals surface area (Å²) < 4.78 is 6.00. The third kappa shape index (κ3) is 3.14. The van der Waals surface area contributed by atoms with E-state index in [4.69, 9.17) is 9.40 Å². The van der Waals surface area contributed by atoms with Crippen molar-refractivity contribution in [3.63, 3.8) is 0 Å². The number of carbonyl (C=O) groups is 1. The van der Waals surface area contributed by atoms with Gasteiger partial charge in [0, 0.05) is 38.0 Å². The molecule has 32 heavy (non-hydrogen) atoms. The maximum atomic E-state index is 13.5. The highest BCUT2D eigenvalue weighted by atomic mass is 16.4. The van der Waals surface area contributed by atoms with E-state index in [1.807, 2.05) is 48.2 Å². The molecule has 0 saturated carbocycles. The van der Waals surface area contributed by atoms with Crippen molar-refractivity contribution in [1.82, 2.24) is 24.9 Å². The molecule has 8 heteroatoms. The number of rotatable bonds is 3. The minimum Gasteiger partial charge on any atom is -0.423 e. The van der Waals surface area contributed by atoms with Crippen LogP contribution in [-0.4, -0.2) is 57.0 Å². The summed E-state index contributed by atoms with van der Waals surface area (Å²) in [6.45, 7) is 7.22. The molecule has 0 aliphatic carbocycles. The van der Waals surface area contributed by atoms with E-state index >= 15 is 0 Å². The maximum Gasteiger partial charge on any atom is 0.298 e. The molecular weight excluding hydrogens is 404 g/mol. The molecule has 2 aromatic heterocycles. The van der Waals surface area contributed by atoms with Crippen LogP contribution >= 0.6 is 0 Å². The van der Waals surface area contributed by atoms with Gasteiger partial charge in [-0.05, 0) is 43.7 Å². The molecule has 0 N–H and O–H groups in total. The molecule has 2 aromatic carbocycles. The minimum atomic E-state index is 0.0410. The van der Waals surface area contributed by atoms with Crippen molar-refractivity contribution in [2.45, 2.75) is 13.8 Å². The highest BCUT2D eigenvalue weighted by molar-refractivity contribution is 5.98. The van der Waals surface area contributed by atoms with E-state index in [1.54, 1.807) is 12.4 Å². The number of aryl methyl sites for hydroxylation is 2. The van der Waals surface area contributed by atoms with Crippen LogP contribution in [0.1, 0.15) is 21.5 Å². The van der Waals surface area contributed by atoms with Crippen LogP contribution in [0.2, 0.25) is 0 Å². The zero-order chi connectivity index (χ0) is 21.8. The van der Waals surface area contributed by atoms with Crippen molar-refractivity contribution in [3.05, 3.63) is 65.5 Å². The van der Waals surface area contributed by atoms with Crippen LogP contribution in [0.4, 0.5) is 6.01 Å². The Bertz CT molecular complexity index is 1300. The van der Waals surface area contributed by atoms with E-state index in [2.05, 4.69) is 22.0 Å². The quantitative estimate of drug-likeness (QED) is 0.498. The van der Waals surface area contributed by atoms with E-state index in [0.717, 1.165) is 42.8 Å². The van der Waals surface area contributed by atoms with Gasteiger partial charge in [0.2, 0.25) is 0 Å². The van der Waals surface area contributed by atoms with Crippen LogP contribution in [0.15, 0.2) is 53.2 Å². The molecule has 0 unspecified atom stereocenters. The molecule has 6 rings (SSSR count). The Balaban J connectivity index is 1.20. The molecule has 2 fully saturated rings. The molecule has 2 saturated heterocycles. The average molecular weight is 428 g/mol. The van der Waals surface area contributed by atoms with Crippen LogP contribution < -0.4 is 4.90 Å². The van der Waals surface area contributed by atoms with Crippen molar-refractivity contribution in [3.8, 4) is 5.69 Å². The number of aromatic nitrogens is 4. The van der Waals surface area contributed by atoms with Crippen LogP contribution in [0.5, 0.6) is 0 Å². The molecule has 4 heterocycles. The summed E-state index contributed by atoms with van der Waals surface area (Å²) >= 11 is 0. The summed E-state index contributed by atoms with van der Waals surface area (Å²) in [7, 11) is 0. The molecule has 0 bridgehead atoms. The maximum absolute atomic E-state index is 13.5. The zero-order valence-corrected chi connectivity index (χ0v) is 18.1. The number of carbonyl (C=O) groups excluding carboxylic acids is 1. The van der Waals surface area contributed by atoms with Gasteiger partial charge in [0.15, 0.2) is 5.58 Å². The summed E-state index contributed by atoms with van der Waals surface area (Å²) in [5, 5.41) is 8.44. The molecule has 2 aliphatic heterocycles. The summed E-state index contributed by atoms with van der Waals surface area (Å²) in [6.07, 6.45) is 3.24. The fourth-order valence-electron chi connectivity index (χ4n) is 4.98. The second kappa shape index (κ2) is 7.19. The smallest absolute Gasteiger partial charge is 0.298 e. The lowest BCUT2D eigenvalue weighted by atomic mass is 10.0. The lowest BCUT2D eigenvalue weighted by molar-refractivity contribution is 0.0782. The van der Waals surface area contributed by atoms with E-state index in [9.17, 15) is 4.79 Å². The fourth-order valence-corrected chi connectivity index (χ4v) is 4.98. The summed E-state index contributed by atoms with van der Waals surface area (Å²) in [6, 6.07) is 12.6. The van der Waals surface area contributed by atoms with Crippen LogP contribution in [0.25, 0.3) is 16.8 Å². The molecule has 2 atom stereocenters. The van der Waals surface area contributed by atoms with Gasteiger partial charge in [-0.15, -0.1) is 0 Å². The van der Waals surface area contributed by atoms with E-state index in [1.165, 1.54) is 10.4 Å². The second-order valence-electron chi connectivity index (χ2n) is 8.94. The van der Waals surface area contributed by atoms with Gasteiger partial charge in [-0.2, -0.15) is 20.0 Å². The number of hydrogen-bond donors (Lipinski definition) is 0. The predicted molar refractivity (Wildman–Crippen MR) is 120 cm³/mol. The average Bonchev–Trinajstić information content (AvgIpc) is 3.54. The topological polar surface area (TPSA) is 80.3 Å². The Morgan fingerprint density at radius 1 is 0.938 bits per heavy atom. The number of likely N-dealkylation sites (tertiary alicyclic amines) is 1. The van der Waals surface area contributed by atoms with Crippen molar-refractivity contribution in [2.75, 3.05) is 31.1 Å². The molecule has 4 aromatic rings. The number of benzene rings is 2. The van der Waals surface area contributed by atoms with Gasteiger partial charge in [0.1, 0.15) is 5.52 Å². The standard InChI is InChI=1S/C24H24N6O2/c1-15-3-5-21(30-25-7-8-26-30)19(9-15)23(31)28-11-17-13-29(14-18(17)12-28)24-27-20-10-16(2)4-6-22(20)32-24/h3-10,17-18H,11-14H2,1-2H3/t17-,18+. The predicted octanol–water partition coefficient (Wildman–Crippen LogP) is 3.23. The largest absolute Gasteiger partial charge is 0.423 e. The number of hydrogen-bond acceptors (Lipinski definition) is 6. The first-order valence-corrected chi connectivity index (χ1v) is 10.9. The molecular formula is C24H24N6O2. The molecule has 0 spiro atoms. The van der Waals surface area contributed by atoms with Crippen molar-refractivity contribution < 1.29 is 9.21 Å². The number of anilines is 1. The van der Waals surface area contributed by atoms with Gasteiger partial charge in [0.25, 0.3) is 11.9 Å². The molecule has 8 nitrogen and oxygen atoms in total. The van der Waals surface area contributed by atoms with Crippen molar-refractivity contribution in [1.29, 1.82) is 0 Å². The lowest BCUT2D eigenvalue weighted by Crippen LogP contribution is -2.34. The Labute approximate surface area is 185 Å². The van der Waals surface area contributed by atoms with Gasteiger partial charge in [-0.25, -0.2) is 0 Å². The fraction of sp³-hybridized carbons (Fsp3) is 0.333. The first-order chi connectivity index (χ1) is 15.5. The zero-order valence-electron chi connectivity index (χ0n) is 18.1. The van der Waals surface area contributed by atoms with E-state index in [-0.39, 0.29) is 5.91 Å². The Kier molecular flexibility index (Phi) is 4.28. The molecule has 162 valence electrons. The van der Waals surface area contributed by atoms with Crippen LogP contribution in [-0.2, 0) is 0 Å². The third-order valence-electron chi connectivity index (χ3n) is 6.59. The number of nitrogens with zero attached hydrogens (tertiary/aromatic N) is 6. The van der Waals surface area contributed by atoms with Gasteiger partial charge in [-0.3, -0.25) is 4.79 Å². The monoisotopic (exact) mass is 428 g/mol. The molecule has 1 amide bonds. The van der Waals surface area contributed by atoms with Crippen LogP contribution in [0.3, 0.4) is 0 Å². The number of fused-ring (bicyclic) bond motifs is 2. The number of oxazole rings is 1. The van der Waals surface area contributed by atoms with E-state index in [0.29, 0.717) is 29.1 Å². The Morgan fingerprint density at radius 3 is 2.38 bits per heavy atom. The third-order valence-corrected chi connectivity index (χ3v) is 6.59. The Hall–Kier alpha value is -3.68. The SMILES string of the molecule is Cc1ccc(-n2nccn2)c(C(=O)N2C[C@@H]3CN(c4nc5cc(C)ccc5o4)C[C@@H]3C2)c1. The summed E-state index contributed by atoms with van der Waals surface area (Å²) in [4.78, 5) is 23.9. The van der Waals surface area contributed by atoms with Crippen molar-refractivity contribution >= 4 is 23.0 Å². The lowest BCUT2D eigenvalue weighted by Gasteiger charge is -2.22. The number of amides is 1. The summed E-state index contributed by atoms with van der Waals surface area (Å²) in [5.41, 5.74) is 5.29. The molecule has 2 aliphatic rings. The van der Waals surface area contributed by atoms with Crippen molar-refractivity contribution in [2.24, 2.45) is 11.8 Å². The highest BCUT2D eigenvalue weighted by Crippen LogP contribution is 2.36. The van der Waals surface area contributed by atoms with Crippen LogP contribution in [0, 0.1) is 25.7 Å². The molecule has 0 radical (unpaired) electrons. The first-order valence-electron chi connectivity index (χ1n) is 10.9. The van der Waals surface area contributed by atoms with Gasteiger partial charge in [0.05, 0.1) is 23.6 Å². The Morgan fingerprint density at radius 2 is 1.62 bits per heavy atom. The minimum absolute atomic E-state index is 0.0410. The van der Waals surface area contributed by atoms with Gasteiger partial charge < -0.3 is 14.2 Å². The summed E-state index contributed by atoms with van der Waals surface area (Å²) in [5.74, 6) is 0.859. The van der Waals surface area contributed by atoms with E-state index < -0.39 is 0 Å². The first kappa shape index (κ1) is 19.0. The van der Waals surface area contributed by atoms with Gasteiger partial charge >= 0.3 is 0 Å². The highest BCUT2D eigenvalue weighted by Gasteiger charge is 2.43.